The predicted molar refractivity (Wildman–Crippen MR) is 117 cm³/mol. The second kappa shape index (κ2) is 8.42. The van der Waals surface area contributed by atoms with Crippen LogP contribution in [-0.4, -0.2) is 25.1 Å². The molecule has 28 heavy (non-hydrogen) atoms. The highest BCUT2D eigenvalue weighted by molar-refractivity contribution is 7.92. The minimum Gasteiger partial charge on any atom is -0.321 e. The molecule has 3 aromatic rings. The van der Waals surface area contributed by atoms with Crippen LogP contribution in [0.3, 0.4) is 0 Å². The van der Waals surface area contributed by atoms with E-state index >= 15 is 0 Å². The first-order valence-electron chi connectivity index (χ1n) is 8.72. The van der Waals surface area contributed by atoms with Gasteiger partial charge in [0.05, 0.1) is 17.1 Å². The molecule has 2 heterocycles. The Balaban J connectivity index is 1.82. The molecule has 148 valence electrons. The lowest BCUT2D eigenvalue weighted by Gasteiger charge is -2.14. The third-order valence-electron chi connectivity index (χ3n) is 4.09. The molecule has 6 nitrogen and oxygen atoms in total. The van der Waals surface area contributed by atoms with Crippen LogP contribution in [0.4, 0.5) is 11.4 Å². The SMILES string of the molecule is CCCS(=O)(=O)Nc1cccc(NC(=O)c2sc(-c3ccsc3)nc2C)c1C. The van der Waals surface area contributed by atoms with Gasteiger partial charge in [0.15, 0.2) is 0 Å². The van der Waals surface area contributed by atoms with Crippen molar-refractivity contribution in [1.82, 2.24) is 4.98 Å². The van der Waals surface area contributed by atoms with Gasteiger partial charge in [-0.2, -0.15) is 11.3 Å². The average molecular weight is 436 g/mol. The minimum absolute atomic E-state index is 0.0500. The van der Waals surface area contributed by atoms with Crippen molar-refractivity contribution in [1.29, 1.82) is 0 Å². The molecular formula is C19H21N3O3S3. The second-order valence-electron chi connectivity index (χ2n) is 6.30. The number of rotatable bonds is 7. The lowest BCUT2D eigenvalue weighted by molar-refractivity contribution is 0.102. The maximum atomic E-state index is 12.8. The van der Waals surface area contributed by atoms with Crippen LogP contribution >= 0.6 is 22.7 Å². The molecule has 1 aromatic carbocycles. The van der Waals surface area contributed by atoms with E-state index in [2.05, 4.69) is 15.0 Å². The van der Waals surface area contributed by atoms with Crippen molar-refractivity contribution >= 4 is 50.0 Å². The van der Waals surface area contributed by atoms with E-state index in [1.54, 1.807) is 36.5 Å². The molecule has 2 N–H and O–H groups in total. The molecule has 1 amide bonds. The highest BCUT2D eigenvalue weighted by Gasteiger charge is 2.18. The molecule has 0 aliphatic heterocycles. The Bertz CT molecular complexity index is 1090. The van der Waals surface area contributed by atoms with Gasteiger partial charge in [-0.3, -0.25) is 9.52 Å². The number of carbonyl (C=O) groups excluding carboxylic acids is 1. The van der Waals surface area contributed by atoms with E-state index in [4.69, 9.17) is 0 Å². The predicted octanol–water partition coefficient (Wildman–Crippen LogP) is 4.89. The molecule has 0 radical (unpaired) electrons. The fourth-order valence-corrected chi connectivity index (χ4v) is 5.53. The maximum absolute atomic E-state index is 12.8. The molecule has 2 aromatic heterocycles. The topological polar surface area (TPSA) is 88.2 Å². The Morgan fingerprint density at radius 2 is 1.93 bits per heavy atom. The van der Waals surface area contributed by atoms with E-state index in [0.717, 1.165) is 10.6 Å². The van der Waals surface area contributed by atoms with Gasteiger partial charge in [0.1, 0.15) is 9.88 Å². The van der Waals surface area contributed by atoms with E-state index in [0.29, 0.717) is 33.9 Å². The first-order valence-corrected chi connectivity index (χ1v) is 12.1. The van der Waals surface area contributed by atoms with Gasteiger partial charge in [-0.25, -0.2) is 13.4 Å². The van der Waals surface area contributed by atoms with Crippen molar-refractivity contribution in [3.63, 3.8) is 0 Å². The molecule has 0 fully saturated rings. The van der Waals surface area contributed by atoms with Gasteiger partial charge >= 0.3 is 0 Å². The monoisotopic (exact) mass is 435 g/mol. The lowest BCUT2D eigenvalue weighted by Crippen LogP contribution is -2.18. The third kappa shape index (κ3) is 4.60. The number of amides is 1. The minimum atomic E-state index is -3.40. The third-order valence-corrected chi connectivity index (χ3v) is 7.46. The molecule has 9 heteroatoms. The van der Waals surface area contributed by atoms with Crippen LogP contribution in [0.15, 0.2) is 35.0 Å². The summed E-state index contributed by atoms with van der Waals surface area (Å²) in [5, 5.41) is 7.66. The smallest absolute Gasteiger partial charge is 0.267 e. The number of nitrogens with zero attached hydrogens (tertiary/aromatic N) is 1. The summed E-state index contributed by atoms with van der Waals surface area (Å²) in [6.45, 7) is 5.39. The summed E-state index contributed by atoms with van der Waals surface area (Å²) in [4.78, 5) is 17.8. The maximum Gasteiger partial charge on any atom is 0.267 e. The fourth-order valence-electron chi connectivity index (χ4n) is 2.66. The summed E-state index contributed by atoms with van der Waals surface area (Å²) in [5.41, 5.74) is 3.36. The van der Waals surface area contributed by atoms with Crippen molar-refractivity contribution in [3.8, 4) is 10.6 Å². The highest BCUT2D eigenvalue weighted by Crippen LogP contribution is 2.31. The summed E-state index contributed by atoms with van der Waals surface area (Å²) >= 11 is 2.93. The van der Waals surface area contributed by atoms with Crippen molar-refractivity contribution < 1.29 is 13.2 Å². The molecule has 0 bridgehead atoms. The Morgan fingerprint density at radius 3 is 2.61 bits per heavy atom. The normalized spacial score (nSPS) is 11.4. The van der Waals surface area contributed by atoms with Gasteiger partial charge in [0.2, 0.25) is 10.0 Å². The van der Waals surface area contributed by atoms with Gasteiger partial charge in [-0.05, 0) is 49.4 Å². The Morgan fingerprint density at radius 1 is 1.18 bits per heavy atom. The molecule has 0 saturated heterocycles. The second-order valence-corrected chi connectivity index (χ2v) is 9.92. The van der Waals surface area contributed by atoms with Gasteiger partial charge in [0.25, 0.3) is 5.91 Å². The van der Waals surface area contributed by atoms with Gasteiger partial charge in [-0.15, -0.1) is 11.3 Å². The number of thiophene rings is 1. The standard InChI is InChI=1S/C19H21N3O3S3/c1-4-10-28(24,25)22-16-7-5-6-15(12(16)2)21-18(23)17-13(3)20-19(27-17)14-8-9-26-11-14/h5-9,11,22H,4,10H2,1-3H3,(H,21,23). The van der Waals surface area contributed by atoms with Crippen LogP contribution < -0.4 is 10.0 Å². The molecular weight excluding hydrogens is 414 g/mol. The van der Waals surface area contributed by atoms with E-state index in [-0.39, 0.29) is 11.7 Å². The zero-order valence-corrected chi connectivity index (χ0v) is 18.2. The quantitative estimate of drug-likeness (QED) is 0.553. The average Bonchev–Trinajstić information content (AvgIpc) is 3.27. The summed E-state index contributed by atoms with van der Waals surface area (Å²) in [5.74, 6) is -0.206. The molecule has 0 unspecified atom stereocenters. The van der Waals surface area contributed by atoms with Crippen LogP contribution in [0, 0.1) is 13.8 Å². The number of hydrogen-bond acceptors (Lipinski definition) is 6. The number of thiazole rings is 1. The summed E-state index contributed by atoms with van der Waals surface area (Å²) in [6.07, 6.45) is 0.530. The van der Waals surface area contributed by atoms with E-state index in [1.807, 2.05) is 30.7 Å². The lowest BCUT2D eigenvalue weighted by atomic mass is 10.1. The number of aryl methyl sites for hydroxylation is 1. The van der Waals surface area contributed by atoms with Crippen LogP contribution in [0.25, 0.3) is 10.6 Å². The van der Waals surface area contributed by atoms with E-state index in [1.165, 1.54) is 11.3 Å². The molecule has 0 atom stereocenters. The molecule has 0 aliphatic rings. The number of sulfonamides is 1. The summed E-state index contributed by atoms with van der Waals surface area (Å²) in [6, 6.07) is 7.12. The number of anilines is 2. The summed E-state index contributed by atoms with van der Waals surface area (Å²) in [7, 11) is -3.40. The Hall–Kier alpha value is -2.23. The fraction of sp³-hybridized carbons (Fsp3) is 0.263. The van der Waals surface area contributed by atoms with Crippen molar-refractivity contribution in [2.45, 2.75) is 27.2 Å². The van der Waals surface area contributed by atoms with Gasteiger partial charge < -0.3 is 5.32 Å². The number of aromatic nitrogens is 1. The molecule has 0 saturated carbocycles. The molecule has 3 rings (SSSR count). The number of hydrogen-bond donors (Lipinski definition) is 2. The Kier molecular flexibility index (Phi) is 6.17. The molecule has 0 aliphatic carbocycles. The van der Waals surface area contributed by atoms with Crippen LogP contribution in [0.1, 0.15) is 34.3 Å². The number of nitrogens with one attached hydrogen (secondary N) is 2. The van der Waals surface area contributed by atoms with Crippen molar-refractivity contribution in [3.05, 3.63) is 51.2 Å². The molecule has 0 spiro atoms. The Labute approximate surface area is 172 Å². The van der Waals surface area contributed by atoms with E-state index in [9.17, 15) is 13.2 Å². The first kappa shape index (κ1) is 20.5. The largest absolute Gasteiger partial charge is 0.321 e. The van der Waals surface area contributed by atoms with Crippen LogP contribution in [-0.2, 0) is 10.0 Å². The van der Waals surface area contributed by atoms with E-state index < -0.39 is 10.0 Å². The van der Waals surface area contributed by atoms with Gasteiger partial charge in [-0.1, -0.05) is 13.0 Å². The van der Waals surface area contributed by atoms with Crippen molar-refractivity contribution in [2.24, 2.45) is 0 Å². The van der Waals surface area contributed by atoms with Crippen LogP contribution in [0.5, 0.6) is 0 Å². The number of carbonyl (C=O) groups is 1. The number of benzene rings is 1. The van der Waals surface area contributed by atoms with Crippen molar-refractivity contribution in [2.75, 3.05) is 15.8 Å². The highest BCUT2D eigenvalue weighted by atomic mass is 32.2. The van der Waals surface area contributed by atoms with Crippen LogP contribution in [0.2, 0.25) is 0 Å². The summed E-state index contributed by atoms with van der Waals surface area (Å²) < 4.78 is 26.7. The van der Waals surface area contributed by atoms with Gasteiger partial charge in [0, 0.05) is 16.6 Å². The zero-order chi connectivity index (χ0) is 20.3. The zero-order valence-electron chi connectivity index (χ0n) is 15.8. The first-order chi connectivity index (χ1) is 13.3.